The van der Waals surface area contributed by atoms with Crippen LogP contribution < -0.4 is 14.8 Å². The van der Waals surface area contributed by atoms with Gasteiger partial charge >= 0.3 is 0 Å². The number of sulfonamides is 1. The van der Waals surface area contributed by atoms with Crippen molar-refractivity contribution in [2.45, 2.75) is 30.2 Å². The minimum atomic E-state index is -3.68. The molecule has 0 bridgehead atoms. The van der Waals surface area contributed by atoms with Crippen molar-refractivity contribution < 1.29 is 13.2 Å². The van der Waals surface area contributed by atoms with Crippen molar-refractivity contribution in [2.75, 3.05) is 17.1 Å². The van der Waals surface area contributed by atoms with Crippen LogP contribution in [0.2, 0.25) is 0 Å². The van der Waals surface area contributed by atoms with Gasteiger partial charge in [-0.25, -0.2) is 8.42 Å². The monoisotopic (exact) mass is 446 g/mol. The lowest BCUT2D eigenvalue weighted by molar-refractivity contribution is 0.411. The maximum Gasteiger partial charge on any atom is 0.261 e. The van der Waals surface area contributed by atoms with E-state index in [1.165, 1.54) is 5.56 Å². The Hall–Kier alpha value is -3.25. The molecule has 0 saturated heterocycles. The van der Waals surface area contributed by atoms with Crippen molar-refractivity contribution in [1.82, 2.24) is 0 Å². The van der Waals surface area contributed by atoms with E-state index < -0.39 is 10.0 Å². The zero-order chi connectivity index (χ0) is 22.3. The Morgan fingerprint density at radius 2 is 1.75 bits per heavy atom. The molecule has 1 aliphatic carbocycles. The average Bonchev–Trinajstić information content (AvgIpc) is 3.30. The van der Waals surface area contributed by atoms with E-state index in [0.29, 0.717) is 11.6 Å². The second kappa shape index (κ2) is 8.02. The molecule has 1 heterocycles. The molecule has 5 nitrogen and oxygen atoms in total. The zero-order valence-corrected chi connectivity index (χ0v) is 18.9. The SMILES string of the molecule is COc1ccc([C@H]2Nc3ccc(S(=O)(=O)Nc4ccc(C)cc4)cc3[C@H]3C=CC[C@H]32)cc1. The summed E-state index contributed by atoms with van der Waals surface area (Å²) in [5, 5.41) is 3.66. The van der Waals surface area contributed by atoms with Crippen molar-refractivity contribution in [3.05, 3.63) is 95.6 Å². The van der Waals surface area contributed by atoms with E-state index >= 15 is 0 Å². The van der Waals surface area contributed by atoms with E-state index in [2.05, 4.69) is 34.3 Å². The number of methoxy groups -OCH3 is 1. The van der Waals surface area contributed by atoms with E-state index in [1.54, 1.807) is 25.3 Å². The van der Waals surface area contributed by atoms with Gasteiger partial charge in [-0.2, -0.15) is 0 Å². The van der Waals surface area contributed by atoms with Crippen molar-refractivity contribution in [3.63, 3.8) is 0 Å². The number of aryl methyl sites for hydroxylation is 1. The molecule has 0 aromatic heterocycles. The Kier molecular flexibility index (Phi) is 5.18. The molecule has 2 N–H and O–H groups in total. The highest BCUT2D eigenvalue weighted by Crippen LogP contribution is 2.50. The Morgan fingerprint density at radius 3 is 2.47 bits per heavy atom. The van der Waals surface area contributed by atoms with E-state index in [4.69, 9.17) is 4.74 Å². The lowest BCUT2D eigenvalue weighted by atomic mass is 9.77. The first kappa shape index (κ1) is 20.6. The van der Waals surface area contributed by atoms with Gasteiger partial charge in [-0.05, 0) is 72.9 Å². The van der Waals surface area contributed by atoms with Crippen LogP contribution >= 0.6 is 0 Å². The number of anilines is 2. The van der Waals surface area contributed by atoms with Crippen molar-refractivity contribution in [1.29, 1.82) is 0 Å². The first-order valence-electron chi connectivity index (χ1n) is 10.8. The number of hydrogen-bond donors (Lipinski definition) is 2. The molecule has 3 atom stereocenters. The van der Waals surface area contributed by atoms with Crippen molar-refractivity contribution in [2.24, 2.45) is 5.92 Å². The molecule has 0 fully saturated rings. The fourth-order valence-corrected chi connectivity index (χ4v) is 5.81. The summed E-state index contributed by atoms with van der Waals surface area (Å²) in [7, 11) is -2.01. The van der Waals surface area contributed by atoms with Crippen molar-refractivity contribution in [3.8, 4) is 5.75 Å². The molecule has 0 unspecified atom stereocenters. The molecule has 3 aromatic carbocycles. The standard InChI is InChI=1S/C26H26N2O3S/c1-17-6-10-19(11-7-17)28-32(29,30)21-14-15-25-24(16-21)22-4-3-5-23(22)26(27-25)18-8-12-20(31-2)13-9-18/h3-4,6-16,22-23,26-28H,5H2,1-2H3/t22-,23+,26+/m0/s1. The highest BCUT2D eigenvalue weighted by Gasteiger charge is 2.38. The molecule has 164 valence electrons. The van der Waals surface area contributed by atoms with E-state index in [1.807, 2.05) is 43.3 Å². The van der Waals surface area contributed by atoms with Gasteiger partial charge in [0, 0.05) is 17.3 Å². The van der Waals surface area contributed by atoms with Crippen LogP contribution in [-0.2, 0) is 10.0 Å². The number of nitrogens with one attached hydrogen (secondary N) is 2. The molecule has 0 spiro atoms. The molecule has 0 saturated carbocycles. The highest BCUT2D eigenvalue weighted by atomic mass is 32.2. The molecule has 1 aliphatic heterocycles. The van der Waals surface area contributed by atoms with Crippen LogP contribution in [0.3, 0.4) is 0 Å². The number of allylic oxidation sites excluding steroid dienone is 2. The summed E-state index contributed by atoms with van der Waals surface area (Å²) >= 11 is 0. The van der Waals surface area contributed by atoms with Gasteiger partial charge in [0.05, 0.1) is 18.0 Å². The Bertz CT molecular complexity index is 1270. The maximum absolute atomic E-state index is 13.0. The molecule has 32 heavy (non-hydrogen) atoms. The van der Waals surface area contributed by atoms with E-state index in [0.717, 1.165) is 29.0 Å². The van der Waals surface area contributed by atoms with Gasteiger partial charge in [-0.3, -0.25) is 4.72 Å². The van der Waals surface area contributed by atoms with Gasteiger partial charge in [0.25, 0.3) is 10.0 Å². The summed E-state index contributed by atoms with van der Waals surface area (Å²) in [4.78, 5) is 0.278. The maximum atomic E-state index is 13.0. The third-order valence-electron chi connectivity index (χ3n) is 6.42. The molecule has 3 aromatic rings. The smallest absolute Gasteiger partial charge is 0.261 e. The summed E-state index contributed by atoms with van der Waals surface area (Å²) in [6.45, 7) is 1.97. The van der Waals surface area contributed by atoms with E-state index in [-0.39, 0.29) is 16.9 Å². The fourth-order valence-electron chi connectivity index (χ4n) is 4.72. The van der Waals surface area contributed by atoms with Gasteiger partial charge in [-0.15, -0.1) is 0 Å². The Morgan fingerprint density at radius 1 is 1.00 bits per heavy atom. The van der Waals surface area contributed by atoms with Crippen LogP contribution in [0.4, 0.5) is 11.4 Å². The number of ether oxygens (including phenoxy) is 1. The minimum Gasteiger partial charge on any atom is -0.497 e. The zero-order valence-electron chi connectivity index (χ0n) is 18.1. The predicted molar refractivity (Wildman–Crippen MR) is 128 cm³/mol. The van der Waals surface area contributed by atoms with Crippen LogP contribution in [0.25, 0.3) is 0 Å². The summed E-state index contributed by atoms with van der Waals surface area (Å²) < 4.78 is 34.1. The summed E-state index contributed by atoms with van der Waals surface area (Å²) in [6, 6.07) is 21.0. The third kappa shape index (κ3) is 3.75. The molecule has 0 amide bonds. The molecule has 5 rings (SSSR count). The molecule has 2 aliphatic rings. The molecule has 6 heteroatoms. The number of rotatable bonds is 5. The van der Waals surface area contributed by atoms with Gasteiger partial charge < -0.3 is 10.1 Å². The van der Waals surface area contributed by atoms with Gasteiger partial charge in [0.15, 0.2) is 0 Å². The van der Waals surface area contributed by atoms with Crippen LogP contribution in [0.1, 0.15) is 35.1 Å². The van der Waals surface area contributed by atoms with Crippen LogP contribution in [0, 0.1) is 12.8 Å². The number of fused-ring (bicyclic) bond motifs is 3. The van der Waals surface area contributed by atoms with Gasteiger partial charge in [-0.1, -0.05) is 42.0 Å². The first-order valence-corrected chi connectivity index (χ1v) is 12.2. The summed E-state index contributed by atoms with van der Waals surface area (Å²) in [5.41, 5.74) is 4.85. The third-order valence-corrected chi connectivity index (χ3v) is 7.80. The highest BCUT2D eigenvalue weighted by molar-refractivity contribution is 7.92. The second-order valence-corrected chi connectivity index (χ2v) is 10.2. The number of benzene rings is 3. The number of hydrogen-bond acceptors (Lipinski definition) is 4. The normalized spacial score (nSPS) is 21.4. The van der Waals surface area contributed by atoms with Crippen LogP contribution in [-0.4, -0.2) is 15.5 Å². The average molecular weight is 447 g/mol. The summed E-state index contributed by atoms with van der Waals surface area (Å²) in [5.74, 6) is 1.34. The largest absolute Gasteiger partial charge is 0.497 e. The van der Waals surface area contributed by atoms with E-state index in [9.17, 15) is 8.42 Å². The molecule has 0 radical (unpaired) electrons. The van der Waals surface area contributed by atoms with Crippen LogP contribution in [0.5, 0.6) is 5.75 Å². The fraction of sp³-hybridized carbons (Fsp3) is 0.231. The summed E-state index contributed by atoms with van der Waals surface area (Å²) in [6.07, 6.45) is 5.37. The lowest BCUT2D eigenvalue weighted by Gasteiger charge is -2.37. The lowest BCUT2D eigenvalue weighted by Crippen LogP contribution is -2.29. The van der Waals surface area contributed by atoms with Crippen LogP contribution in [0.15, 0.2) is 83.8 Å². The van der Waals surface area contributed by atoms with Gasteiger partial charge in [0.1, 0.15) is 5.75 Å². The van der Waals surface area contributed by atoms with Gasteiger partial charge in [0.2, 0.25) is 0 Å². The molecular weight excluding hydrogens is 420 g/mol. The topological polar surface area (TPSA) is 67.4 Å². The first-order chi connectivity index (χ1) is 15.4. The second-order valence-electron chi connectivity index (χ2n) is 8.47. The predicted octanol–water partition coefficient (Wildman–Crippen LogP) is 5.63. The molecular formula is C26H26N2O3S. The quantitative estimate of drug-likeness (QED) is 0.499. The van der Waals surface area contributed by atoms with Crippen molar-refractivity contribution >= 4 is 21.4 Å². The Labute approximate surface area is 189 Å². The Balaban J connectivity index is 1.46. The minimum absolute atomic E-state index is 0.154.